The predicted molar refractivity (Wildman–Crippen MR) is 129 cm³/mol. The Hall–Kier alpha value is -2.54. The van der Waals surface area contributed by atoms with Crippen LogP contribution in [0.2, 0.25) is 5.02 Å². The lowest BCUT2D eigenvalue weighted by Gasteiger charge is -2.19. The van der Waals surface area contributed by atoms with Crippen molar-refractivity contribution in [2.75, 3.05) is 26.2 Å². The van der Waals surface area contributed by atoms with Gasteiger partial charge in [-0.2, -0.15) is 0 Å². The topological polar surface area (TPSA) is 77.6 Å². The molecule has 7 heteroatoms. The Balaban J connectivity index is 1.60. The van der Waals surface area contributed by atoms with Gasteiger partial charge in [0.25, 0.3) is 5.91 Å². The summed E-state index contributed by atoms with van der Waals surface area (Å²) < 4.78 is 5.84. The zero-order valence-corrected chi connectivity index (χ0v) is 19.7. The van der Waals surface area contributed by atoms with Crippen LogP contribution in [0.1, 0.15) is 38.0 Å². The highest BCUT2D eigenvalue weighted by Crippen LogP contribution is 2.28. The summed E-state index contributed by atoms with van der Waals surface area (Å²) in [6.07, 6.45) is 2.14. The second-order valence-electron chi connectivity index (χ2n) is 7.93. The third-order valence-corrected chi connectivity index (χ3v) is 5.88. The fraction of sp³-hybridized carbons (Fsp3) is 0.400. The number of aliphatic hydroxyl groups is 1. The van der Waals surface area contributed by atoms with E-state index in [0.717, 1.165) is 28.5 Å². The normalized spacial score (nSPS) is 13.2. The number of halogens is 1. The van der Waals surface area contributed by atoms with Gasteiger partial charge in [-0.05, 0) is 56.5 Å². The number of hydrogen-bond acceptors (Lipinski definition) is 4. The molecule has 0 spiro atoms. The molecule has 1 amide bonds. The summed E-state index contributed by atoms with van der Waals surface area (Å²) in [4.78, 5) is 17.3. The molecule has 1 aromatic heterocycles. The number of para-hydroxylation sites is 1. The maximum absolute atomic E-state index is 12.3. The highest BCUT2D eigenvalue weighted by Gasteiger charge is 2.15. The maximum atomic E-state index is 12.3. The monoisotopic (exact) mass is 459 g/mol. The molecule has 3 N–H and O–H groups in total. The van der Waals surface area contributed by atoms with E-state index in [-0.39, 0.29) is 18.6 Å². The Bertz CT molecular complexity index is 1030. The van der Waals surface area contributed by atoms with Crippen molar-refractivity contribution in [2.24, 2.45) is 0 Å². The number of aromatic nitrogens is 1. The standard InChI is InChI=1S/C25H32ClN3O3/c1-4-29(5-2)24(31)16-32-23-11-7-10-21-19(14-28-25(21)23)12-17(3)27-15-22(30)18-8-6-9-20(26)13-18/h6-11,13-14,17,22,27-28,30H,4-5,12,15-16H2,1-3H3/t17-,22+/m1/s1/i22+2. The van der Waals surface area contributed by atoms with Gasteiger partial charge in [0.15, 0.2) is 6.61 Å². The summed E-state index contributed by atoms with van der Waals surface area (Å²) in [5.41, 5.74) is 2.84. The molecule has 172 valence electrons. The summed E-state index contributed by atoms with van der Waals surface area (Å²) in [5.74, 6) is 0.654. The van der Waals surface area contributed by atoms with E-state index in [1.54, 1.807) is 17.0 Å². The summed E-state index contributed by atoms with van der Waals surface area (Å²) >= 11 is 6.02. The van der Waals surface area contributed by atoms with Gasteiger partial charge in [-0.1, -0.05) is 35.9 Å². The van der Waals surface area contributed by atoms with Crippen LogP contribution in [0.4, 0.5) is 0 Å². The minimum absolute atomic E-state index is 0.0186. The van der Waals surface area contributed by atoms with Gasteiger partial charge >= 0.3 is 0 Å². The molecule has 2 atom stereocenters. The lowest BCUT2D eigenvalue weighted by Crippen LogP contribution is -2.34. The van der Waals surface area contributed by atoms with E-state index in [0.29, 0.717) is 30.4 Å². The van der Waals surface area contributed by atoms with Crippen molar-refractivity contribution in [3.8, 4) is 5.75 Å². The van der Waals surface area contributed by atoms with E-state index in [1.165, 1.54) is 0 Å². The Morgan fingerprint density at radius 1 is 1.25 bits per heavy atom. The van der Waals surface area contributed by atoms with E-state index in [9.17, 15) is 9.90 Å². The molecule has 0 saturated carbocycles. The number of benzene rings is 2. The molecule has 0 fully saturated rings. The average Bonchev–Trinajstić information content (AvgIpc) is 3.20. The molecule has 3 rings (SSSR count). The lowest BCUT2D eigenvalue weighted by molar-refractivity contribution is -0.132. The fourth-order valence-electron chi connectivity index (χ4n) is 3.83. The summed E-state index contributed by atoms with van der Waals surface area (Å²) in [6.45, 7) is 7.82. The largest absolute Gasteiger partial charge is 0.482 e. The number of carbonyl (C=O) groups is 1. The fourth-order valence-corrected chi connectivity index (χ4v) is 4.03. The van der Waals surface area contributed by atoms with Gasteiger partial charge in [-0.15, -0.1) is 0 Å². The van der Waals surface area contributed by atoms with E-state index >= 15 is 0 Å². The van der Waals surface area contributed by atoms with Crippen LogP contribution in [0.25, 0.3) is 10.9 Å². The number of hydrogen-bond donors (Lipinski definition) is 3. The van der Waals surface area contributed by atoms with Crippen molar-refractivity contribution in [2.45, 2.75) is 39.3 Å². The van der Waals surface area contributed by atoms with Crippen molar-refractivity contribution in [1.82, 2.24) is 15.2 Å². The van der Waals surface area contributed by atoms with Crippen molar-refractivity contribution in [3.63, 3.8) is 0 Å². The molecule has 0 unspecified atom stereocenters. The summed E-state index contributed by atoms with van der Waals surface area (Å²) in [5, 5.41) is 15.5. The molecule has 0 aliphatic rings. The van der Waals surface area contributed by atoms with Crippen LogP contribution in [-0.4, -0.2) is 53.2 Å². The van der Waals surface area contributed by atoms with Crippen LogP contribution in [-0.2, 0) is 11.2 Å². The molecule has 0 aliphatic heterocycles. The van der Waals surface area contributed by atoms with Crippen LogP contribution < -0.4 is 10.1 Å². The first-order chi connectivity index (χ1) is 15.4. The van der Waals surface area contributed by atoms with Crippen molar-refractivity contribution in [1.29, 1.82) is 0 Å². The second kappa shape index (κ2) is 11.4. The Morgan fingerprint density at radius 3 is 2.72 bits per heavy atom. The van der Waals surface area contributed by atoms with E-state index in [2.05, 4.69) is 17.2 Å². The van der Waals surface area contributed by atoms with Gasteiger partial charge in [-0.3, -0.25) is 4.79 Å². The third kappa shape index (κ3) is 6.03. The van der Waals surface area contributed by atoms with Gasteiger partial charge in [0.05, 0.1) is 11.6 Å². The third-order valence-electron chi connectivity index (χ3n) is 5.65. The average molecular weight is 460 g/mol. The van der Waals surface area contributed by atoms with Crippen LogP contribution in [0, 0.1) is 0 Å². The minimum Gasteiger partial charge on any atom is -0.482 e. The number of fused-ring (bicyclic) bond motifs is 1. The minimum atomic E-state index is -0.623. The number of aliphatic hydroxyl groups excluding tert-OH is 1. The lowest BCUT2D eigenvalue weighted by atomic mass is 10.1. The molecule has 32 heavy (non-hydrogen) atoms. The first-order valence-corrected chi connectivity index (χ1v) is 11.5. The molecule has 2 aromatic carbocycles. The number of ether oxygens (including phenoxy) is 1. The number of aromatic amines is 1. The van der Waals surface area contributed by atoms with Gasteiger partial charge < -0.3 is 25.0 Å². The molecule has 1 heterocycles. The van der Waals surface area contributed by atoms with Gasteiger partial charge in [0.1, 0.15) is 5.75 Å². The zero-order chi connectivity index (χ0) is 23.1. The molecule has 0 saturated heterocycles. The molecular formula is C25H32ClN3O3. The van der Waals surface area contributed by atoms with Crippen molar-refractivity contribution in [3.05, 3.63) is 64.8 Å². The summed E-state index contributed by atoms with van der Waals surface area (Å²) in [6, 6.07) is 13.3. The number of rotatable bonds is 11. The Labute approximate surface area is 194 Å². The van der Waals surface area contributed by atoms with Crippen LogP contribution >= 0.6 is 11.6 Å². The van der Waals surface area contributed by atoms with E-state index in [1.807, 2.05) is 50.4 Å². The predicted octanol–water partition coefficient (Wildman–Crippen LogP) is 4.32. The smallest absolute Gasteiger partial charge is 0.260 e. The molecular weight excluding hydrogens is 428 g/mol. The first kappa shape index (κ1) is 24.1. The van der Waals surface area contributed by atoms with E-state index < -0.39 is 6.10 Å². The Morgan fingerprint density at radius 2 is 2.00 bits per heavy atom. The SMILES string of the molecule is CCN(CC)C(=O)COc1cccc2c(C[C@@H](C)NC[14C@H](O)c3cccc(Cl)c3)c[nH]c12. The molecule has 6 nitrogen and oxygen atoms in total. The second-order valence-corrected chi connectivity index (χ2v) is 8.37. The van der Waals surface area contributed by atoms with Gasteiger partial charge in [0.2, 0.25) is 0 Å². The zero-order valence-electron chi connectivity index (χ0n) is 18.9. The van der Waals surface area contributed by atoms with E-state index in [4.69, 9.17) is 16.3 Å². The Kier molecular flexibility index (Phi) is 8.56. The van der Waals surface area contributed by atoms with Gasteiger partial charge in [0, 0.05) is 42.3 Å². The first-order valence-electron chi connectivity index (χ1n) is 11.1. The number of nitrogens with one attached hydrogen (secondary N) is 2. The molecule has 0 radical (unpaired) electrons. The van der Waals surface area contributed by atoms with Crippen LogP contribution in [0.3, 0.4) is 0 Å². The maximum Gasteiger partial charge on any atom is 0.260 e. The molecule has 0 bridgehead atoms. The highest BCUT2D eigenvalue weighted by molar-refractivity contribution is 6.30. The summed E-state index contributed by atoms with van der Waals surface area (Å²) in [7, 11) is 0. The number of carbonyl (C=O) groups excluding carboxylic acids is 1. The molecule has 3 aromatic rings. The van der Waals surface area contributed by atoms with Crippen molar-refractivity contribution < 1.29 is 14.6 Å². The van der Waals surface area contributed by atoms with Crippen LogP contribution in [0.15, 0.2) is 48.7 Å². The number of H-pyrrole nitrogens is 1. The van der Waals surface area contributed by atoms with Crippen molar-refractivity contribution >= 4 is 28.4 Å². The van der Waals surface area contributed by atoms with Gasteiger partial charge in [-0.25, -0.2) is 0 Å². The number of nitrogens with zero attached hydrogens (tertiary/aromatic N) is 1. The molecule has 0 aliphatic carbocycles. The highest BCUT2D eigenvalue weighted by atomic mass is 35.5. The van der Waals surface area contributed by atoms with Crippen LogP contribution in [0.5, 0.6) is 5.75 Å². The quantitative estimate of drug-likeness (QED) is 0.399. The number of likely N-dealkylation sites (N-methyl/N-ethyl adjacent to an activating group) is 1. The number of amides is 1.